The Labute approximate surface area is 216 Å². The number of anilines is 1. The monoisotopic (exact) mass is 516 g/mol. The number of para-hydroxylation sites is 1. The summed E-state index contributed by atoms with van der Waals surface area (Å²) in [6.07, 6.45) is 0.557. The van der Waals surface area contributed by atoms with Crippen LogP contribution in [0.5, 0.6) is 0 Å². The quantitative estimate of drug-likeness (QED) is 0.501. The maximum Gasteiger partial charge on any atom is 0.322 e. The Morgan fingerprint density at radius 1 is 0.946 bits per heavy atom. The van der Waals surface area contributed by atoms with Crippen LogP contribution in [0.3, 0.4) is 0 Å². The van der Waals surface area contributed by atoms with Crippen molar-refractivity contribution in [2.24, 2.45) is 5.73 Å². The fraction of sp³-hybridized carbons (Fsp3) is 0.500. The van der Waals surface area contributed by atoms with Crippen LogP contribution in [-0.2, 0) is 11.2 Å². The lowest BCUT2D eigenvalue weighted by Crippen LogP contribution is -2.52. The topological polar surface area (TPSA) is 78.7 Å². The highest BCUT2D eigenvalue weighted by Gasteiger charge is 2.47. The predicted octanol–water partition coefficient (Wildman–Crippen LogP) is 5.13. The number of nitrogens with two attached hydrogens (primary N) is 1. The number of carbonyl (C=O) groups excluding carboxylic acids is 2. The second kappa shape index (κ2) is 10.7. The number of carbonyl (C=O) groups is 2. The summed E-state index contributed by atoms with van der Waals surface area (Å²) in [6, 6.07) is 6.26. The summed E-state index contributed by atoms with van der Waals surface area (Å²) in [5.74, 6) is -2.98. The maximum atomic E-state index is 14.0. The van der Waals surface area contributed by atoms with E-state index in [1.54, 1.807) is 9.80 Å². The van der Waals surface area contributed by atoms with Gasteiger partial charge in [-0.3, -0.25) is 4.79 Å². The van der Waals surface area contributed by atoms with Gasteiger partial charge in [-0.15, -0.1) is 0 Å². The molecule has 3 atom stereocenters. The van der Waals surface area contributed by atoms with E-state index in [2.05, 4.69) is 33.0 Å². The Morgan fingerprint density at radius 2 is 1.51 bits per heavy atom. The molecule has 9 heteroatoms. The van der Waals surface area contributed by atoms with E-state index < -0.39 is 23.5 Å². The highest BCUT2D eigenvalue weighted by molar-refractivity contribution is 5.92. The molecule has 2 bridgehead atoms. The van der Waals surface area contributed by atoms with Crippen molar-refractivity contribution in [1.82, 2.24) is 9.80 Å². The second-order valence-corrected chi connectivity index (χ2v) is 10.8. The summed E-state index contributed by atoms with van der Waals surface area (Å²) in [7, 11) is 0. The molecule has 37 heavy (non-hydrogen) atoms. The molecule has 200 valence electrons. The SMILES string of the molecule is CC(C)c1cccc(C(C)C)c1NC(=O)N1C[C@@H]2C[C@H]1CN2C(=O)CC(N)Cc1cc(F)c(F)cc1F. The van der Waals surface area contributed by atoms with E-state index in [0.717, 1.165) is 22.9 Å². The Balaban J connectivity index is 1.37. The number of rotatable bonds is 7. The van der Waals surface area contributed by atoms with E-state index >= 15 is 0 Å². The van der Waals surface area contributed by atoms with Gasteiger partial charge in [0.2, 0.25) is 5.91 Å². The number of benzene rings is 2. The van der Waals surface area contributed by atoms with E-state index in [-0.39, 0.29) is 54.3 Å². The Hall–Kier alpha value is -3.07. The molecule has 3 N–H and O–H groups in total. The van der Waals surface area contributed by atoms with E-state index in [9.17, 15) is 22.8 Å². The molecule has 0 spiro atoms. The average molecular weight is 517 g/mol. The van der Waals surface area contributed by atoms with Gasteiger partial charge in [-0.05, 0) is 47.4 Å². The standard InChI is InChI=1S/C28H35F3N4O2/c1-15(2)21-6-5-7-22(16(3)4)27(21)33-28(37)35-14-19-11-20(35)13-34(19)26(36)10-18(32)8-17-9-24(30)25(31)12-23(17)29/h5-7,9,12,15-16,18-20H,8,10-11,13-14,32H2,1-4H3,(H,33,37)/t18?,19-,20-/m0/s1. The van der Waals surface area contributed by atoms with Crippen LogP contribution in [0.1, 0.15) is 69.1 Å². The molecule has 1 unspecified atom stereocenters. The molecule has 3 amide bonds. The molecule has 2 heterocycles. The second-order valence-electron chi connectivity index (χ2n) is 10.8. The number of hydrogen-bond acceptors (Lipinski definition) is 3. The lowest BCUT2D eigenvalue weighted by Gasteiger charge is -2.35. The van der Waals surface area contributed by atoms with Gasteiger partial charge in [-0.2, -0.15) is 0 Å². The number of likely N-dealkylation sites (tertiary alicyclic amines) is 2. The lowest BCUT2D eigenvalue weighted by atomic mass is 9.93. The van der Waals surface area contributed by atoms with Crippen molar-refractivity contribution in [2.45, 2.75) is 76.9 Å². The van der Waals surface area contributed by atoms with Crippen LogP contribution >= 0.6 is 0 Å². The van der Waals surface area contributed by atoms with Crippen LogP contribution in [0, 0.1) is 17.5 Å². The zero-order valence-electron chi connectivity index (χ0n) is 21.7. The van der Waals surface area contributed by atoms with Gasteiger partial charge in [0.05, 0.1) is 12.1 Å². The van der Waals surface area contributed by atoms with Crippen molar-refractivity contribution < 1.29 is 22.8 Å². The number of nitrogens with one attached hydrogen (secondary N) is 1. The normalized spacial score (nSPS) is 19.7. The summed E-state index contributed by atoms with van der Waals surface area (Å²) >= 11 is 0. The van der Waals surface area contributed by atoms with Gasteiger partial charge in [0.15, 0.2) is 11.6 Å². The maximum absolute atomic E-state index is 14.0. The van der Waals surface area contributed by atoms with Gasteiger partial charge in [-0.1, -0.05) is 45.9 Å². The molecule has 2 aromatic carbocycles. The van der Waals surface area contributed by atoms with Crippen molar-refractivity contribution in [2.75, 3.05) is 18.4 Å². The Bertz CT molecular complexity index is 1160. The number of amides is 3. The van der Waals surface area contributed by atoms with Crippen molar-refractivity contribution in [3.05, 3.63) is 64.5 Å². The molecule has 0 aromatic heterocycles. The highest BCUT2D eigenvalue weighted by Crippen LogP contribution is 2.35. The molecule has 6 nitrogen and oxygen atoms in total. The molecule has 2 aliphatic heterocycles. The number of halogens is 3. The summed E-state index contributed by atoms with van der Waals surface area (Å²) < 4.78 is 40.6. The minimum Gasteiger partial charge on any atom is -0.336 e. The number of hydrogen-bond donors (Lipinski definition) is 2. The molecule has 2 saturated heterocycles. The molecular formula is C28H35F3N4O2. The molecule has 4 rings (SSSR count). The van der Waals surface area contributed by atoms with Gasteiger partial charge in [0, 0.05) is 37.3 Å². The first kappa shape index (κ1) is 27.0. The minimum absolute atomic E-state index is 0.0482. The van der Waals surface area contributed by atoms with E-state index in [1.807, 2.05) is 18.2 Å². The highest BCUT2D eigenvalue weighted by atomic mass is 19.2. The zero-order valence-corrected chi connectivity index (χ0v) is 21.7. The first-order chi connectivity index (χ1) is 17.5. The number of urea groups is 1. The molecular weight excluding hydrogens is 481 g/mol. The van der Waals surface area contributed by atoms with Gasteiger partial charge in [0.1, 0.15) is 5.82 Å². The minimum atomic E-state index is -1.26. The van der Waals surface area contributed by atoms with E-state index in [1.165, 1.54) is 0 Å². The average Bonchev–Trinajstić information content (AvgIpc) is 3.43. The Morgan fingerprint density at radius 3 is 2.08 bits per heavy atom. The smallest absolute Gasteiger partial charge is 0.322 e. The van der Waals surface area contributed by atoms with Crippen LogP contribution in [-0.4, -0.2) is 53.0 Å². The third-order valence-electron chi connectivity index (χ3n) is 7.43. The third kappa shape index (κ3) is 5.61. The zero-order chi connectivity index (χ0) is 27.0. The lowest BCUT2D eigenvalue weighted by molar-refractivity contribution is -0.133. The number of fused-ring (bicyclic) bond motifs is 2. The fourth-order valence-electron chi connectivity index (χ4n) is 5.51. The van der Waals surface area contributed by atoms with Crippen molar-refractivity contribution in [1.29, 1.82) is 0 Å². The first-order valence-electron chi connectivity index (χ1n) is 12.8. The number of piperazine rings is 1. The largest absolute Gasteiger partial charge is 0.336 e. The van der Waals surface area contributed by atoms with Gasteiger partial charge in [0.25, 0.3) is 0 Å². The van der Waals surface area contributed by atoms with Gasteiger partial charge < -0.3 is 20.9 Å². The van der Waals surface area contributed by atoms with Crippen LogP contribution in [0.15, 0.2) is 30.3 Å². The summed E-state index contributed by atoms with van der Waals surface area (Å²) in [5.41, 5.74) is 9.04. The van der Waals surface area contributed by atoms with Crippen LogP contribution < -0.4 is 11.1 Å². The first-order valence-corrected chi connectivity index (χ1v) is 12.8. The molecule has 2 aromatic rings. The molecule has 0 aliphatic carbocycles. The summed E-state index contributed by atoms with van der Waals surface area (Å²) in [5, 5.41) is 3.16. The van der Waals surface area contributed by atoms with E-state index in [0.29, 0.717) is 25.6 Å². The molecule has 2 fully saturated rings. The van der Waals surface area contributed by atoms with Gasteiger partial charge >= 0.3 is 6.03 Å². The van der Waals surface area contributed by atoms with Crippen LogP contribution in [0.2, 0.25) is 0 Å². The van der Waals surface area contributed by atoms with Crippen LogP contribution in [0.25, 0.3) is 0 Å². The predicted molar refractivity (Wildman–Crippen MR) is 137 cm³/mol. The number of nitrogens with zero attached hydrogens (tertiary/aromatic N) is 2. The fourth-order valence-corrected chi connectivity index (χ4v) is 5.51. The van der Waals surface area contributed by atoms with Crippen LogP contribution in [0.4, 0.5) is 23.7 Å². The summed E-state index contributed by atoms with van der Waals surface area (Å²) in [4.78, 5) is 29.8. The molecule has 2 aliphatic rings. The van der Waals surface area contributed by atoms with Gasteiger partial charge in [-0.25, -0.2) is 18.0 Å². The van der Waals surface area contributed by atoms with Crippen molar-refractivity contribution in [3.8, 4) is 0 Å². The van der Waals surface area contributed by atoms with E-state index in [4.69, 9.17) is 5.73 Å². The molecule has 0 saturated carbocycles. The third-order valence-corrected chi connectivity index (χ3v) is 7.43. The summed E-state index contributed by atoms with van der Waals surface area (Å²) in [6.45, 7) is 9.23. The molecule has 0 radical (unpaired) electrons. The Kier molecular flexibility index (Phi) is 7.83. The van der Waals surface area contributed by atoms with Crippen molar-refractivity contribution >= 4 is 17.6 Å². The van der Waals surface area contributed by atoms with Crippen molar-refractivity contribution in [3.63, 3.8) is 0 Å².